The molecular weight excluding hydrogens is 308 g/mol. The van der Waals surface area contributed by atoms with Crippen molar-refractivity contribution in [3.63, 3.8) is 0 Å². The van der Waals surface area contributed by atoms with Crippen LogP contribution in [0.2, 0.25) is 0 Å². The Balaban J connectivity index is 1.63. The molecule has 0 atom stereocenters. The number of benzene rings is 3. The average Bonchev–Trinajstić information content (AvgIpc) is 2.70. The molecule has 3 rings (SSSR count). The van der Waals surface area contributed by atoms with Crippen molar-refractivity contribution in [2.75, 3.05) is 0 Å². The van der Waals surface area contributed by atoms with E-state index < -0.39 is 6.29 Å². The van der Waals surface area contributed by atoms with Gasteiger partial charge in [-0.3, -0.25) is 0 Å². The fraction of sp³-hybridized carbons (Fsp3) is 0.130. The highest BCUT2D eigenvalue weighted by Gasteiger charge is 2.06. The summed E-state index contributed by atoms with van der Waals surface area (Å²) < 4.78 is 11.9. The Hall–Kier alpha value is -2.68. The van der Waals surface area contributed by atoms with E-state index in [0.29, 0.717) is 13.2 Å². The molecule has 126 valence electrons. The van der Waals surface area contributed by atoms with E-state index >= 15 is 0 Å². The van der Waals surface area contributed by atoms with Crippen LogP contribution in [0.25, 0.3) is 6.08 Å². The summed E-state index contributed by atoms with van der Waals surface area (Å²) in [5, 5.41) is 0. The highest BCUT2D eigenvalue weighted by atomic mass is 16.7. The Kier molecular flexibility index (Phi) is 6.57. The van der Waals surface area contributed by atoms with Crippen LogP contribution < -0.4 is 0 Å². The van der Waals surface area contributed by atoms with Crippen LogP contribution in [-0.2, 0) is 22.7 Å². The third-order valence-corrected chi connectivity index (χ3v) is 3.76. The van der Waals surface area contributed by atoms with Gasteiger partial charge >= 0.3 is 0 Å². The average molecular weight is 330 g/mol. The van der Waals surface area contributed by atoms with Gasteiger partial charge in [0.2, 0.25) is 0 Å². The van der Waals surface area contributed by atoms with Crippen molar-refractivity contribution in [1.29, 1.82) is 0 Å². The fourth-order valence-electron chi connectivity index (χ4n) is 2.42. The molecule has 0 radical (unpaired) electrons. The van der Waals surface area contributed by atoms with Gasteiger partial charge in [-0.2, -0.15) is 0 Å². The van der Waals surface area contributed by atoms with Gasteiger partial charge in [0.15, 0.2) is 6.29 Å². The minimum absolute atomic E-state index is 0.402. The van der Waals surface area contributed by atoms with E-state index in [2.05, 4.69) is 36.4 Å². The van der Waals surface area contributed by atoms with E-state index in [1.165, 1.54) is 0 Å². The van der Waals surface area contributed by atoms with Crippen molar-refractivity contribution in [3.8, 4) is 0 Å². The third-order valence-electron chi connectivity index (χ3n) is 3.76. The topological polar surface area (TPSA) is 18.5 Å². The smallest absolute Gasteiger partial charge is 0.177 e. The molecule has 0 saturated heterocycles. The lowest BCUT2D eigenvalue weighted by Crippen LogP contribution is -2.14. The first-order valence-electron chi connectivity index (χ1n) is 8.44. The van der Waals surface area contributed by atoms with E-state index in [-0.39, 0.29) is 0 Å². The molecule has 0 spiro atoms. The van der Waals surface area contributed by atoms with Gasteiger partial charge in [0, 0.05) is 0 Å². The molecule has 0 aliphatic heterocycles. The number of rotatable bonds is 8. The summed E-state index contributed by atoms with van der Waals surface area (Å²) in [6.07, 6.45) is 3.59. The molecule has 0 aliphatic carbocycles. The molecule has 3 aromatic carbocycles. The Morgan fingerprint density at radius 3 is 1.52 bits per heavy atom. The molecule has 0 heterocycles. The molecular formula is C23H22O2. The molecule has 0 amide bonds. The molecule has 0 saturated carbocycles. The third kappa shape index (κ3) is 6.03. The zero-order chi connectivity index (χ0) is 17.2. The maximum atomic E-state index is 5.96. The minimum Gasteiger partial charge on any atom is -0.344 e. The zero-order valence-corrected chi connectivity index (χ0v) is 14.1. The lowest BCUT2D eigenvalue weighted by atomic mass is 10.2. The SMILES string of the molecule is C(=C\C(OCc1ccccc1)OCc1ccccc1)/c1ccccc1. The van der Waals surface area contributed by atoms with Crippen LogP contribution in [-0.4, -0.2) is 6.29 Å². The van der Waals surface area contributed by atoms with Crippen molar-refractivity contribution < 1.29 is 9.47 Å². The zero-order valence-electron chi connectivity index (χ0n) is 14.1. The lowest BCUT2D eigenvalue weighted by Gasteiger charge is -2.15. The maximum absolute atomic E-state index is 5.96. The first kappa shape index (κ1) is 17.2. The van der Waals surface area contributed by atoms with Crippen molar-refractivity contribution in [3.05, 3.63) is 114 Å². The van der Waals surface area contributed by atoms with Crippen molar-refractivity contribution in [2.24, 2.45) is 0 Å². The van der Waals surface area contributed by atoms with E-state index in [9.17, 15) is 0 Å². The Labute approximate surface area is 149 Å². The predicted octanol–water partition coefficient (Wildman–Crippen LogP) is 5.46. The quantitative estimate of drug-likeness (QED) is 0.511. The molecule has 0 unspecified atom stereocenters. The second kappa shape index (κ2) is 9.58. The molecule has 0 aromatic heterocycles. The number of hydrogen-bond donors (Lipinski definition) is 0. The van der Waals surface area contributed by atoms with Crippen LogP contribution in [0.5, 0.6) is 0 Å². The van der Waals surface area contributed by atoms with Gasteiger partial charge in [-0.05, 0) is 22.8 Å². The van der Waals surface area contributed by atoms with Gasteiger partial charge < -0.3 is 9.47 Å². The molecule has 3 aromatic rings. The first-order valence-corrected chi connectivity index (χ1v) is 8.44. The molecule has 25 heavy (non-hydrogen) atoms. The second-order valence-corrected chi connectivity index (χ2v) is 5.73. The molecule has 0 fully saturated rings. The van der Waals surface area contributed by atoms with Crippen molar-refractivity contribution in [2.45, 2.75) is 19.5 Å². The fourth-order valence-corrected chi connectivity index (χ4v) is 2.42. The lowest BCUT2D eigenvalue weighted by molar-refractivity contribution is -0.125. The van der Waals surface area contributed by atoms with E-state index in [1.54, 1.807) is 0 Å². The summed E-state index contributed by atoms with van der Waals surface area (Å²) in [6.45, 7) is 1.03. The molecule has 0 N–H and O–H groups in total. The maximum Gasteiger partial charge on any atom is 0.177 e. The highest BCUT2D eigenvalue weighted by molar-refractivity contribution is 5.49. The Morgan fingerprint density at radius 2 is 1.04 bits per heavy atom. The molecule has 0 bridgehead atoms. The van der Waals surface area contributed by atoms with E-state index in [0.717, 1.165) is 16.7 Å². The van der Waals surface area contributed by atoms with Gasteiger partial charge in [0.25, 0.3) is 0 Å². The predicted molar refractivity (Wildman–Crippen MR) is 102 cm³/mol. The summed E-state index contributed by atoms with van der Waals surface area (Å²) in [5.74, 6) is 0. The minimum atomic E-state index is -0.402. The highest BCUT2D eigenvalue weighted by Crippen LogP contribution is 2.11. The van der Waals surface area contributed by atoms with Crippen LogP contribution in [0.15, 0.2) is 97.1 Å². The summed E-state index contributed by atoms with van der Waals surface area (Å²) in [7, 11) is 0. The van der Waals surface area contributed by atoms with Crippen LogP contribution >= 0.6 is 0 Å². The first-order chi connectivity index (χ1) is 12.4. The largest absolute Gasteiger partial charge is 0.344 e. The number of hydrogen-bond acceptors (Lipinski definition) is 2. The van der Waals surface area contributed by atoms with Crippen LogP contribution in [0.4, 0.5) is 0 Å². The van der Waals surface area contributed by atoms with Crippen LogP contribution in [0, 0.1) is 0 Å². The van der Waals surface area contributed by atoms with E-state index in [4.69, 9.17) is 9.47 Å². The standard InChI is InChI=1S/C23H22O2/c1-4-10-20(11-5-1)16-17-23(24-18-21-12-6-2-7-13-21)25-19-22-14-8-3-9-15-22/h1-17,23H,18-19H2/b17-16+. The van der Waals surface area contributed by atoms with Gasteiger partial charge in [0.05, 0.1) is 13.2 Å². The summed E-state index contributed by atoms with van der Waals surface area (Å²) in [6, 6.07) is 30.4. The van der Waals surface area contributed by atoms with Gasteiger partial charge in [-0.25, -0.2) is 0 Å². The van der Waals surface area contributed by atoms with Crippen molar-refractivity contribution >= 4 is 6.08 Å². The second-order valence-electron chi connectivity index (χ2n) is 5.73. The monoisotopic (exact) mass is 330 g/mol. The molecule has 0 aliphatic rings. The van der Waals surface area contributed by atoms with Gasteiger partial charge in [-0.1, -0.05) is 97.1 Å². The van der Waals surface area contributed by atoms with Crippen LogP contribution in [0.3, 0.4) is 0 Å². The summed E-state index contributed by atoms with van der Waals surface area (Å²) >= 11 is 0. The van der Waals surface area contributed by atoms with E-state index in [1.807, 2.05) is 66.7 Å². The normalized spacial score (nSPS) is 11.2. The summed E-state index contributed by atoms with van der Waals surface area (Å²) in [5.41, 5.74) is 3.38. The number of ether oxygens (including phenoxy) is 2. The molecule has 2 heteroatoms. The Morgan fingerprint density at radius 1 is 0.600 bits per heavy atom. The van der Waals surface area contributed by atoms with Crippen LogP contribution in [0.1, 0.15) is 16.7 Å². The van der Waals surface area contributed by atoms with Crippen molar-refractivity contribution in [1.82, 2.24) is 0 Å². The van der Waals surface area contributed by atoms with Gasteiger partial charge in [-0.15, -0.1) is 0 Å². The Bertz CT molecular complexity index is 708. The summed E-state index contributed by atoms with van der Waals surface area (Å²) in [4.78, 5) is 0. The molecule has 2 nitrogen and oxygen atoms in total. The van der Waals surface area contributed by atoms with Gasteiger partial charge in [0.1, 0.15) is 0 Å².